The number of rotatable bonds is 3. The lowest BCUT2D eigenvalue weighted by molar-refractivity contribution is 0.0620. The quantitative estimate of drug-likeness (QED) is 0.940. The molecule has 3 fully saturated rings. The Kier molecular flexibility index (Phi) is 4.25. The third-order valence-corrected chi connectivity index (χ3v) is 5.46. The first-order valence-corrected chi connectivity index (χ1v) is 8.87. The van der Waals surface area contributed by atoms with Crippen molar-refractivity contribution in [3.8, 4) is 17.2 Å². The number of amides is 1. The number of carbonyl (C=O) groups excluding carboxylic acids is 1. The van der Waals surface area contributed by atoms with Crippen molar-refractivity contribution in [1.82, 2.24) is 10.2 Å². The summed E-state index contributed by atoms with van der Waals surface area (Å²) in [5, 5.41) is 12.6. The Hall–Kier alpha value is -2.64. The highest BCUT2D eigenvalue weighted by molar-refractivity contribution is 5.98. The molecule has 1 unspecified atom stereocenters. The maximum Gasteiger partial charge on any atom is 0.252 e. The molecule has 4 nitrogen and oxygen atoms in total. The second kappa shape index (κ2) is 6.70. The van der Waals surface area contributed by atoms with Gasteiger partial charge in [-0.25, -0.2) is 0 Å². The van der Waals surface area contributed by atoms with Gasteiger partial charge in [-0.3, -0.25) is 4.79 Å². The van der Waals surface area contributed by atoms with Crippen LogP contribution >= 0.6 is 0 Å². The molecule has 126 valence electrons. The summed E-state index contributed by atoms with van der Waals surface area (Å²) in [6, 6.07) is 17.8. The molecule has 1 atom stereocenters. The molecule has 2 aromatic carbocycles. The average Bonchev–Trinajstić information content (AvgIpc) is 2.69. The second-order valence-corrected chi connectivity index (χ2v) is 6.96. The van der Waals surface area contributed by atoms with Gasteiger partial charge in [0.1, 0.15) is 0 Å². The molecular weight excluding hydrogens is 310 g/mol. The molecule has 3 heterocycles. The normalized spacial score (nSPS) is 24.5. The first-order chi connectivity index (χ1) is 12.2. The van der Waals surface area contributed by atoms with Crippen molar-refractivity contribution in [2.24, 2.45) is 5.92 Å². The second-order valence-electron chi connectivity index (χ2n) is 6.96. The number of benzene rings is 2. The molecule has 3 aliphatic heterocycles. The minimum absolute atomic E-state index is 0.131. The molecular formula is C21H21N3O. The van der Waals surface area contributed by atoms with Crippen molar-refractivity contribution in [2.75, 3.05) is 19.6 Å². The van der Waals surface area contributed by atoms with Gasteiger partial charge < -0.3 is 10.2 Å². The molecule has 0 radical (unpaired) electrons. The van der Waals surface area contributed by atoms with Gasteiger partial charge in [-0.05, 0) is 55.1 Å². The van der Waals surface area contributed by atoms with Gasteiger partial charge in [-0.1, -0.05) is 36.4 Å². The van der Waals surface area contributed by atoms with E-state index in [1.165, 1.54) is 0 Å². The number of nitriles is 1. The van der Waals surface area contributed by atoms with Gasteiger partial charge in [0.2, 0.25) is 0 Å². The fourth-order valence-corrected chi connectivity index (χ4v) is 4.01. The highest BCUT2D eigenvalue weighted by atomic mass is 16.1. The topological polar surface area (TPSA) is 56.1 Å². The van der Waals surface area contributed by atoms with Crippen LogP contribution in [0.25, 0.3) is 11.1 Å². The number of fused-ring (bicyclic) bond motifs is 3. The van der Waals surface area contributed by atoms with E-state index in [0.29, 0.717) is 17.0 Å². The largest absolute Gasteiger partial charge is 0.348 e. The molecule has 5 rings (SSSR count). The number of nitrogens with zero attached hydrogens (tertiary/aromatic N) is 2. The summed E-state index contributed by atoms with van der Waals surface area (Å²) >= 11 is 0. The molecule has 0 saturated carbocycles. The van der Waals surface area contributed by atoms with E-state index in [-0.39, 0.29) is 11.9 Å². The number of hydrogen-bond acceptors (Lipinski definition) is 3. The predicted octanol–water partition coefficient (Wildman–Crippen LogP) is 3.05. The molecule has 0 aromatic heterocycles. The van der Waals surface area contributed by atoms with Crippen molar-refractivity contribution in [3.05, 3.63) is 59.7 Å². The predicted molar refractivity (Wildman–Crippen MR) is 97.0 cm³/mol. The van der Waals surface area contributed by atoms with Crippen molar-refractivity contribution < 1.29 is 4.79 Å². The SMILES string of the molecule is N#Cc1ccc(-c2ccccc2)cc1C(=O)NC1CN2CCC1CC2. The van der Waals surface area contributed by atoms with Crippen LogP contribution in [0.15, 0.2) is 48.5 Å². The first-order valence-electron chi connectivity index (χ1n) is 8.87. The highest BCUT2D eigenvalue weighted by Gasteiger charge is 2.35. The lowest BCUT2D eigenvalue weighted by Crippen LogP contribution is -2.57. The fourth-order valence-electron chi connectivity index (χ4n) is 4.01. The molecule has 3 aliphatic rings. The first kappa shape index (κ1) is 15.9. The monoisotopic (exact) mass is 331 g/mol. The Labute approximate surface area is 148 Å². The number of hydrogen-bond donors (Lipinski definition) is 1. The maximum atomic E-state index is 12.9. The van der Waals surface area contributed by atoms with Gasteiger partial charge in [-0.2, -0.15) is 5.26 Å². The summed E-state index contributed by atoms with van der Waals surface area (Å²) in [7, 11) is 0. The van der Waals surface area contributed by atoms with Crippen LogP contribution in [0.2, 0.25) is 0 Å². The zero-order valence-corrected chi connectivity index (χ0v) is 14.1. The summed E-state index contributed by atoms with van der Waals surface area (Å²) in [5.74, 6) is 0.435. The van der Waals surface area contributed by atoms with Gasteiger partial charge in [0.25, 0.3) is 5.91 Å². The van der Waals surface area contributed by atoms with E-state index in [4.69, 9.17) is 0 Å². The van der Waals surface area contributed by atoms with Gasteiger partial charge in [-0.15, -0.1) is 0 Å². The molecule has 2 bridgehead atoms. The van der Waals surface area contributed by atoms with Crippen LogP contribution in [0, 0.1) is 17.2 Å². The molecule has 2 aromatic rings. The third kappa shape index (κ3) is 3.16. The molecule has 4 heteroatoms. The molecule has 1 amide bonds. The standard InChI is InChI=1S/C21H21N3O/c22-13-18-7-6-17(15-4-2-1-3-5-15)12-19(18)21(25)23-20-14-24-10-8-16(20)9-11-24/h1-7,12,16,20H,8-11,14H2,(H,23,25). The van der Waals surface area contributed by atoms with Gasteiger partial charge in [0.05, 0.1) is 17.2 Å². The number of piperidine rings is 3. The summed E-state index contributed by atoms with van der Waals surface area (Å²) in [5.41, 5.74) is 2.90. The summed E-state index contributed by atoms with van der Waals surface area (Å²) in [6.07, 6.45) is 2.31. The van der Waals surface area contributed by atoms with E-state index in [0.717, 1.165) is 43.6 Å². The van der Waals surface area contributed by atoms with Crippen molar-refractivity contribution in [2.45, 2.75) is 18.9 Å². The van der Waals surface area contributed by atoms with Crippen LogP contribution in [0.1, 0.15) is 28.8 Å². The summed E-state index contributed by atoms with van der Waals surface area (Å²) in [4.78, 5) is 15.3. The van der Waals surface area contributed by atoms with Crippen LogP contribution in [0.3, 0.4) is 0 Å². The molecule has 0 spiro atoms. The van der Waals surface area contributed by atoms with Gasteiger partial charge in [0, 0.05) is 12.6 Å². The smallest absolute Gasteiger partial charge is 0.252 e. The Balaban J connectivity index is 1.60. The Morgan fingerprint density at radius 1 is 1.08 bits per heavy atom. The van der Waals surface area contributed by atoms with Crippen LogP contribution in [-0.4, -0.2) is 36.5 Å². The Bertz CT molecular complexity index is 817. The third-order valence-electron chi connectivity index (χ3n) is 5.46. The Morgan fingerprint density at radius 2 is 1.84 bits per heavy atom. The Morgan fingerprint density at radius 3 is 2.48 bits per heavy atom. The molecule has 1 N–H and O–H groups in total. The molecule has 25 heavy (non-hydrogen) atoms. The van der Waals surface area contributed by atoms with E-state index in [9.17, 15) is 10.1 Å². The number of carbonyl (C=O) groups is 1. The van der Waals surface area contributed by atoms with E-state index in [1.54, 1.807) is 6.07 Å². The number of nitrogens with one attached hydrogen (secondary N) is 1. The van der Waals surface area contributed by atoms with Crippen LogP contribution < -0.4 is 5.32 Å². The summed E-state index contributed by atoms with van der Waals surface area (Å²) in [6.45, 7) is 3.21. The average molecular weight is 331 g/mol. The summed E-state index contributed by atoms with van der Waals surface area (Å²) < 4.78 is 0. The molecule has 3 saturated heterocycles. The minimum atomic E-state index is -0.131. The van der Waals surface area contributed by atoms with Crippen molar-refractivity contribution in [1.29, 1.82) is 5.26 Å². The zero-order chi connectivity index (χ0) is 17.2. The van der Waals surface area contributed by atoms with Crippen LogP contribution in [0.5, 0.6) is 0 Å². The van der Waals surface area contributed by atoms with E-state index >= 15 is 0 Å². The van der Waals surface area contributed by atoms with E-state index in [2.05, 4.69) is 16.3 Å². The van der Waals surface area contributed by atoms with Crippen LogP contribution in [-0.2, 0) is 0 Å². The van der Waals surface area contributed by atoms with Crippen molar-refractivity contribution in [3.63, 3.8) is 0 Å². The molecule has 0 aliphatic carbocycles. The lowest BCUT2D eigenvalue weighted by Gasteiger charge is -2.44. The highest BCUT2D eigenvalue weighted by Crippen LogP contribution is 2.28. The van der Waals surface area contributed by atoms with Gasteiger partial charge in [0.15, 0.2) is 0 Å². The zero-order valence-electron chi connectivity index (χ0n) is 14.1. The minimum Gasteiger partial charge on any atom is -0.348 e. The van der Waals surface area contributed by atoms with Crippen LogP contribution in [0.4, 0.5) is 0 Å². The van der Waals surface area contributed by atoms with Crippen molar-refractivity contribution >= 4 is 5.91 Å². The van der Waals surface area contributed by atoms with E-state index in [1.807, 2.05) is 42.5 Å². The van der Waals surface area contributed by atoms with Gasteiger partial charge >= 0.3 is 0 Å². The van der Waals surface area contributed by atoms with E-state index < -0.39 is 0 Å². The lowest BCUT2D eigenvalue weighted by atomic mass is 9.84. The fraction of sp³-hybridized carbons (Fsp3) is 0.333. The maximum absolute atomic E-state index is 12.9.